The Morgan fingerprint density at radius 1 is 1.19 bits per heavy atom. The van der Waals surface area contributed by atoms with Gasteiger partial charge in [-0.05, 0) is 25.8 Å². The van der Waals surface area contributed by atoms with Gasteiger partial charge in [-0.1, -0.05) is 29.3 Å². The van der Waals surface area contributed by atoms with Crippen molar-refractivity contribution >= 4 is 5.95 Å². The normalized spacial score (nSPS) is 18.2. The molecule has 0 amide bonds. The van der Waals surface area contributed by atoms with Crippen LogP contribution in [0.3, 0.4) is 0 Å². The Hall–Kier alpha value is -1.98. The largest absolute Gasteiger partial charge is 0.434 e. The van der Waals surface area contributed by atoms with Gasteiger partial charge in [0.15, 0.2) is 5.69 Å². The molecule has 0 fully saturated rings. The van der Waals surface area contributed by atoms with Gasteiger partial charge in [0.05, 0.1) is 6.04 Å². The molecule has 2 aromatic rings. The molecule has 3 nitrogen and oxygen atoms in total. The Morgan fingerprint density at radius 2 is 1.86 bits per heavy atom. The number of nitrogens with one attached hydrogen (secondary N) is 1. The highest BCUT2D eigenvalue weighted by Gasteiger charge is 2.36. The van der Waals surface area contributed by atoms with Crippen LogP contribution in [0.1, 0.15) is 34.8 Å². The Labute approximate surface area is 120 Å². The van der Waals surface area contributed by atoms with Gasteiger partial charge < -0.3 is 9.88 Å². The second-order valence-corrected chi connectivity index (χ2v) is 5.51. The summed E-state index contributed by atoms with van der Waals surface area (Å²) in [7, 11) is 0. The number of hydrogen-bond acceptors (Lipinski definition) is 2. The van der Waals surface area contributed by atoms with Crippen molar-refractivity contribution in [3.63, 3.8) is 0 Å². The molecule has 1 aliphatic rings. The van der Waals surface area contributed by atoms with E-state index in [0.29, 0.717) is 6.54 Å². The molecule has 21 heavy (non-hydrogen) atoms. The van der Waals surface area contributed by atoms with Crippen molar-refractivity contribution < 1.29 is 13.2 Å². The molecule has 3 rings (SSSR count). The molecule has 0 spiro atoms. The monoisotopic (exact) mass is 295 g/mol. The van der Waals surface area contributed by atoms with Crippen molar-refractivity contribution in [3.8, 4) is 0 Å². The molecular weight excluding hydrogens is 279 g/mol. The van der Waals surface area contributed by atoms with E-state index in [2.05, 4.69) is 16.4 Å². The number of aryl methyl sites for hydroxylation is 2. The first kappa shape index (κ1) is 14.0. The average molecular weight is 295 g/mol. The summed E-state index contributed by atoms with van der Waals surface area (Å²) in [5.41, 5.74) is 2.41. The van der Waals surface area contributed by atoms with Crippen LogP contribution < -0.4 is 5.32 Å². The van der Waals surface area contributed by atoms with Gasteiger partial charge in [-0.25, -0.2) is 4.98 Å². The fraction of sp³-hybridized carbons (Fsp3) is 0.400. The smallest absolute Gasteiger partial charge is 0.356 e. The third-order valence-electron chi connectivity index (χ3n) is 3.69. The SMILES string of the molecule is Cc1cc(C)cc(C2CCNc3nc(C(F)(F)F)cn32)c1. The van der Waals surface area contributed by atoms with E-state index in [0.717, 1.165) is 29.3 Å². The van der Waals surface area contributed by atoms with Gasteiger partial charge >= 0.3 is 6.18 Å². The Kier molecular flexibility index (Phi) is 3.19. The van der Waals surface area contributed by atoms with Gasteiger partial charge in [0.1, 0.15) is 0 Å². The summed E-state index contributed by atoms with van der Waals surface area (Å²) < 4.78 is 40.1. The molecule has 6 heteroatoms. The van der Waals surface area contributed by atoms with E-state index in [9.17, 15) is 13.2 Å². The van der Waals surface area contributed by atoms with Gasteiger partial charge in [0.2, 0.25) is 5.95 Å². The van der Waals surface area contributed by atoms with Gasteiger partial charge in [0.25, 0.3) is 0 Å². The van der Waals surface area contributed by atoms with Gasteiger partial charge in [-0.3, -0.25) is 0 Å². The minimum atomic E-state index is -4.42. The van der Waals surface area contributed by atoms with E-state index in [1.54, 1.807) is 4.57 Å². The third kappa shape index (κ3) is 2.62. The van der Waals surface area contributed by atoms with Crippen molar-refractivity contribution in [2.45, 2.75) is 32.5 Å². The summed E-state index contributed by atoms with van der Waals surface area (Å²) in [6.45, 7) is 4.60. The number of imidazole rings is 1. The first-order valence-corrected chi connectivity index (χ1v) is 6.83. The number of nitrogens with zero attached hydrogens (tertiary/aromatic N) is 2. The van der Waals surface area contributed by atoms with E-state index in [1.165, 1.54) is 0 Å². The molecule has 1 aromatic carbocycles. The number of halogens is 3. The molecule has 1 unspecified atom stereocenters. The van der Waals surface area contributed by atoms with Crippen LogP contribution in [0.5, 0.6) is 0 Å². The van der Waals surface area contributed by atoms with Crippen LogP contribution in [-0.4, -0.2) is 16.1 Å². The standard InChI is InChI=1S/C15H16F3N3/c1-9-5-10(2)7-11(6-9)12-3-4-19-14-20-13(8-21(12)14)15(16,17)18/h5-8,12H,3-4H2,1-2H3,(H,19,20). The average Bonchev–Trinajstić information content (AvgIpc) is 2.80. The second kappa shape index (κ2) is 4.79. The van der Waals surface area contributed by atoms with Crippen LogP contribution in [0.2, 0.25) is 0 Å². The Balaban J connectivity index is 2.06. The molecule has 0 aliphatic carbocycles. The minimum Gasteiger partial charge on any atom is -0.356 e. The Morgan fingerprint density at radius 3 is 2.48 bits per heavy atom. The number of rotatable bonds is 1. The maximum atomic E-state index is 12.8. The summed E-state index contributed by atoms with van der Waals surface area (Å²) in [6.07, 6.45) is -2.58. The number of fused-ring (bicyclic) bond motifs is 1. The minimum absolute atomic E-state index is 0.108. The van der Waals surface area contributed by atoms with Crippen LogP contribution >= 0.6 is 0 Å². The molecule has 0 saturated heterocycles. The molecular formula is C15H16F3N3. The zero-order valence-electron chi connectivity index (χ0n) is 11.8. The topological polar surface area (TPSA) is 29.9 Å². The lowest BCUT2D eigenvalue weighted by molar-refractivity contribution is -0.140. The van der Waals surface area contributed by atoms with Crippen molar-refractivity contribution in [1.29, 1.82) is 0 Å². The highest BCUT2D eigenvalue weighted by molar-refractivity contribution is 5.38. The second-order valence-electron chi connectivity index (χ2n) is 5.51. The predicted octanol–water partition coefficient (Wildman–Crippen LogP) is 3.92. The summed E-state index contributed by atoms with van der Waals surface area (Å²) >= 11 is 0. The van der Waals surface area contributed by atoms with Crippen LogP contribution in [0, 0.1) is 13.8 Å². The molecule has 1 aliphatic heterocycles. The number of anilines is 1. The maximum absolute atomic E-state index is 12.8. The van der Waals surface area contributed by atoms with Crippen molar-refractivity contribution in [1.82, 2.24) is 9.55 Å². The highest BCUT2D eigenvalue weighted by Crippen LogP contribution is 2.35. The van der Waals surface area contributed by atoms with E-state index >= 15 is 0 Å². The van der Waals surface area contributed by atoms with E-state index in [-0.39, 0.29) is 12.0 Å². The van der Waals surface area contributed by atoms with Gasteiger partial charge in [-0.2, -0.15) is 13.2 Å². The number of hydrogen-bond donors (Lipinski definition) is 1. The summed E-state index contributed by atoms with van der Waals surface area (Å²) in [5, 5.41) is 2.94. The van der Waals surface area contributed by atoms with Crippen LogP contribution in [0.25, 0.3) is 0 Å². The zero-order valence-corrected chi connectivity index (χ0v) is 11.8. The summed E-state index contributed by atoms with van der Waals surface area (Å²) in [4.78, 5) is 3.67. The quantitative estimate of drug-likeness (QED) is 0.864. The maximum Gasteiger partial charge on any atom is 0.434 e. The van der Waals surface area contributed by atoms with Gasteiger partial charge in [0, 0.05) is 12.7 Å². The highest BCUT2D eigenvalue weighted by atomic mass is 19.4. The lowest BCUT2D eigenvalue weighted by Gasteiger charge is -2.27. The van der Waals surface area contributed by atoms with E-state index in [1.807, 2.05) is 26.0 Å². The molecule has 0 saturated carbocycles. The van der Waals surface area contributed by atoms with Crippen molar-refractivity contribution in [2.24, 2.45) is 0 Å². The summed E-state index contributed by atoms with van der Waals surface area (Å²) in [6, 6.07) is 6.00. The summed E-state index contributed by atoms with van der Waals surface area (Å²) in [5.74, 6) is 0.290. The first-order valence-electron chi connectivity index (χ1n) is 6.83. The molecule has 0 radical (unpaired) electrons. The van der Waals surface area contributed by atoms with Gasteiger partial charge in [-0.15, -0.1) is 0 Å². The lowest BCUT2D eigenvalue weighted by atomic mass is 9.98. The van der Waals surface area contributed by atoms with E-state index in [4.69, 9.17) is 0 Å². The molecule has 112 valence electrons. The fourth-order valence-corrected chi connectivity index (χ4v) is 2.89. The molecule has 1 atom stereocenters. The first-order chi connectivity index (χ1) is 9.84. The molecule has 1 N–H and O–H groups in total. The van der Waals surface area contributed by atoms with Crippen LogP contribution in [0.15, 0.2) is 24.4 Å². The fourth-order valence-electron chi connectivity index (χ4n) is 2.89. The molecule has 2 heterocycles. The van der Waals surface area contributed by atoms with Crippen molar-refractivity contribution in [3.05, 3.63) is 46.8 Å². The molecule has 1 aromatic heterocycles. The third-order valence-corrected chi connectivity index (χ3v) is 3.69. The number of aromatic nitrogens is 2. The van der Waals surface area contributed by atoms with E-state index < -0.39 is 11.9 Å². The van der Waals surface area contributed by atoms with Crippen molar-refractivity contribution in [2.75, 3.05) is 11.9 Å². The predicted molar refractivity (Wildman–Crippen MR) is 74.4 cm³/mol. The lowest BCUT2D eigenvalue weighted by Crippen LogP contribution is -2.23. The zero-order chi connectivity index (χ0) is 15.2. The van der Waals surface area contributed by atoms with Crippen LogP contribution in [-0.2, 0) is 6.18 Å². The number of benzene rings is 1. The molecule has 0 bridgehead atoms. The Bertz CT molecular complexity index is 653. The number of alkyl halides is 3. The van der Waals surface area contributed by atoms with Crippen LogP contribution in [0.4, 0.5) is 19.1 Å².